The molecule has 4 nitrogen and oxygen atoms in total. The van der Waals surface area contributed by atoms with Crippen molar-refractivity contribution in [2.24, 2.45) is 5.73 Å². The van der Waals surface area contributed by atoms with Gasteiger partial charge in [0.05, 0.1) is 11.0 Å². The lowest BCUT2D eigenvalue weighted by Crippen LogP contribution is -2.48. The number of amides is 2. The predicted octanol–water partition coefficient (Wildman–Crippen LogP) is 0.857. The van der Waals surface area contributed by atoms with E-state index in [2.05, 4.69) is 5.32 Å². The quantitative estimate of drug-likeness (QED) is 0.686. The number of rotatable bonds is 3. The minimum Gasteiger partial charge on any atom is -0.392 e. The molecule has 1 aliphatic heterocycles. The highest BCUT2D eigenvalue weighted by Crippen LogP contribution is 2.07. The number of thiocarbonyl (C=S) groups is 1. The van der Waals surface area contributed by atoms with E-state index < -0.39 is 0 Å². The highest BCUT2D eigenvalue weighted by atomic mass is 32.1. The first-order chi connectivity index (χ1) is 6.65. The van der Waals surface area contributed by atoms with E-state index in [0.29, 0.717) is 4.99 Å². The SMILES string of the molecule is CCC(NC(=O)N1CCCC1)C(N)=S. The van der Waals surface area contributed by atoms with Gasteiger partial charge in [0.15, 0.2) is 0 Å². The van der Waals surface area contributed by atoms with Crippen LogP contribution in [0.1, 0.15) is 26.2 Å². The summed E-state index contributed by atoms with van der Waals surface area (Å²) in [5, 5.41) is 2.83. The van der Waals surface area contributed by atoms with Gasteiger partial charge in [0, 0.05) is 13.1 Å². The lowest BCUT2D eigenvalue weighted by Gasteiger charge is -2.21. The largest absolute Gasteiger partial charge is 0.392 e. The fourth-order valence-electron chi connectivity index (χ4n) is 1.53. The molecule has 0 aliphatic carbocycles. The molecule has 1 aliphatic rings. The van der Waals surface area contributed by atoms with Crippen LogP contribution < -0.4 is 11.1 Å². The highest BCUT2D eigenvalue weighted by Gasteiger charge is 2.20. The number of carbonyl (C=O) groups is 1. The number of carbonyl (C=O) groups excluding carboxylic acids is 1. The van der Waals surface area contributed by atoms with Crippen LogP contribution in [-0.2, 0) is 0 Å². The lowest BCUT2D eigenvalue weighted by atomic mass is 10.2. The maximum Gasteiger partial charge on any atom is 0.317 e. The first-order valence-corrected chi connectivity index (χ1v) is 5.40. The molecule has 1 heterocycles. The van der Waals surface area contributed by atoms with E-state index in [4.69, 9.17) is 18.0 Å². The first-order valence-electron chi connectivity index (χ1n) is 5.00. The molecule has 1 saturated heterocycles. The highest BCUT2D eigenvalue weighted by molar-refractivity contribution is 7.80. The van der Waals surface area contributed by atoms with Gasteiger partial charge >= 0.3 is 6.03 Å². The van der Waals surface area contributed by atoms with E-state index >= 15 is 0 Å². The van der Waals surface area contributed by atoms with Crippen LogP contribution in [0.4, 0.5) is 4.79 Å². The Balaban J connectivity index is 2.41. The van der Waals surface area contributed by atoms with E-state index in [0.717, 1.165) is 32.4 Å². The Hall–Kier alpha value is -0.840. The van der Waals surface area contributed by atoms with Gasteiger partial charge in [-0.3, -0.25) is 0 Å². The summed E-state index contributed by atoms with van der Waals surface area (Å²) in [7, 11) is 0. The van der Waals surface area contributed by atoms with Crippen LogP contribution in [0.15, 0.2) is 0 Å². The second kappa shape index (κ2) is 5.14. The Morgan fingerprint density at radius 2 is 2.14 bits per heavy atom. The maximum absolute atomic E-state index is 11.6. The van der Waals surface area contributed by atoms with Gasteiger partial charge in [0.2, 0.25) is 0 Å². The van der Waals surface area contributed by atoms with Gasteiger partial charge in [-0.2, -0.15) is 0 Å². The van der Waals surface area contributed by atoms with E-state index in [-0.39, 0.29) is 12.1 Å². The average molecular weight is 215 g/mol. The summed E-state index contributed by atoms with van der Waals surface area (Å²) in [4.78, 5) is 13.8. The van der Waals surface area contributed by atoms with Crippen LogP contribution in [0.25, 0.3) is 0 Å². The van der Waals surface area contributed by atoms with Crippen LogP contribution in [0.5, 0.6) is 0 Å². The molecule has 1 unspecified atom stereocenters. The summed E-state index contributed by atoms with van der Waals surface area (Å²) in [6, 6.07) is -0.208. The molecular formula is C9H17N3OS. The molecule has 14 heavy (non-hydrogen) atoms. The molecule has 0 aromatic carbocycles. The van der Waals surface area contributed by atoms with Gasteiger partial charge in [-0.15, -0.1) is 0 Å². The molecule has 0 bridgehead atoms. The molecule has 1 fully saturated rings. The van der Waals surface area contributed by atoms with Gasteiger partial charge in [-0.25, -0.2) is 4.79 Å². The monoisotopic (exact) mass is 215 g/mol. The summed E-state index contributed by atoms with van der Waals surface area (Å²) in [6.45, 7) is 3.65. The Kier molecular flexibility index (Phi) is 4.13. The lowest BCUT2D eigenvalue weighted by molar-refractivity contribution is 0.207. The number of nitrogens with zero attached hydrogens (tertiary/aromatic N) is 1. The third-order valence-corrected chi connectivity index (χ3v) is 2.73. The first kappa shape index (κ1) is 11.2. The smallest absolute Gasteiger partial charge is 0.317 e. The van der Waals surface area contributed by atoms with Crippen molar-refractivity contribution in [3.05, 3.63) is 0 Å². The van der Waals surface area contributed by atoms with Gasteiger partial charge in [-0.1, -0.05) is 19.1 Å². The summed E-state index contributed by atoms with van der Waals surface area (Å²) in [5.41, 5.74) is 5.49. The fraction of sp³-hybridized carbons (Fsp3) is 0.778. The summed E-state index contributed by atoms with van der Waals surface area (Å²) < 4.78 is 0. The van der Waals surface area contributed by atoms with Crippen molar-refractivity contribution in [1.82, 2.24) is 10.2 Å². The summed E-state index contributed by atoms with van der Waals surface area (Å²) in [5.74, 6) is 0. The molecule has 80 valence electrons. The predicted molar refractivity (Wildman–Crippen MR) is 60.2 cm³/mol. The number of nitrogens with two attached hydrogens (primary N) is 1. The molecular weight excluding hydrogens is 198 g/mol. The van der Waals surface area contributed by atoms with Crippen molar-refractivity contribution in [1.29, 1.82) is 0 Å². The summed E-state index contributed by atoms with van der Waals surface area (Å²) >= 11 is 4.85. The number of hydrogen-bond donors (Lipinski definition) is 2. The van der Waals surface area contributed by atoms with E-state index in [1.54, 1.807) is 4.90 Å². The zero-order valence-electron chi connectivity index (χ0n) is 8.45. The molecule has 0 spiro atoms. The van der Waals surface area contributed by atoms with Crippen LogP contribution in [0.3, 0.4) is 0 Å². The Morgan fingerprint density at radius 1 is 1.57 bits per heavy atom. The average Bonchev–Trinajstić information content (AvgIpc) is 2.65. The molecule has 5 heteroatoms. The van der Waals surface area contributed by atoms with Crippen LogP contribution >= 0.6 is 12.2 Å². The van der Waals surface area contributed by atoms with Crippen molar-refractivity contribution in [3.8, 4) is 0 Å². The Bertz CT molecular complexity index is 226. The standard InChI is InChI=1S/C9H17N3OS/c1-2-7(8(10)14)11-9(13)12-5-3-4-6-12/h7H,2-6H2,1H3,(H2,10,14)(H,11,13). The zero-order valence-corrected chi connectivity index (χ0v) is 9.27. The number of urea groups is 1. The van der Waals surface area contributed by atoms with Gasteiger partial charge in [0.25, 0.3) is 0 Å². The van der Waals surface area contributed by atoms with Crippen molar-refractivity contribution >= 4 is 23.2 Å². The van der Waals surface area contributed by atoms with Crippen molar-refractivity contribution < 1.29 is 4.79 Å². The number of likely N-dealkylation sites (tertiary alicyclic amines) is 1. The van der Waals surface area contributed by atoms with Crippen LogP contribution in [0.2, 0.25) is 0 Å². The third-order valence-electron chi connectivity index (χ3n) is 2.44. The number of nitrogens with one attached hydrogen (secondary N) is 1. The molecule has 0 aromatic rings. The minimum atomic E-state index is -0.168. The van der Waals surface area contributed by atoms with E-state index in [1.807, 2.05) is 6.92 Å². The normalized spacial score (nSPS) is 17.9. The van der Waals surface area contributed by atoms with Crippen molar-refractivity contribution in [3.63, 3.8) is 0 Å². The van der Waals surface area contributed by atoms with E-state index in [9.17, 15) is 4.79 Å². The maximum atomic E-state index is 11.6. The fourth-order valence-corrected chi connectivity index (χ4v) is 1.76. The number of hydrogen-bond acceptors (Lipinski definition) is 2. The second-order valence-corrected chi connectivity index (χ2v) is 3.98. The minimum absolute atomic E-state index is 0.0397. The molecule has 0 aromatic heterocycles. The van der Waals surface area contributed by atoms with Crippen LogP contribution in [-0.4, -0.2) is 35.1 Å². The Morgan fingerprint density at radius 3 is 2.57 bits per heavy atom. The topological polar surface area (TPSA) is 58.4 Å². The van der Waals surface area contributed by atoms with Crippen molar-refractivity contribution in [2.45, 2.75) is 32.2 Å². The molecule has 0 saturated carbocycles. The second-order valence-electron chi connectivity index (χ2n) is 3.51. The van der Waals surface area contributed by atoms with Crippen LogP contribution in [0, 0.1) is 0 Å². The zero-order chi connectivity index (χ0) is 10.6. The Labute approximate surface area is 89.8 Å². The van der Waals surface area contributed by atoms with Crippen molar-refractivity contribution in [2.75, 3.05) is 13.1 Å². The third kappa shape index (κ3) is 2.83. The molecule has 2 amide bonds. The van der Waals surface area contributed by atoms with E-state index in [1.165, 1.54) is 0 Å². The van der Waals surface area contributed by atoms with Gasteiger partial charge in [-0.05, 0) is 19.3 Å². The molecule has 0 radical (unpaired) electrons. The molecule has 1 rings (SSSR count). The van der Waals surface area contributed by atoms with Gasteiger partial charge < -0.3 is 16.0 Å². The molecule has 3 N–H and O–H groups in total. The van der Waals surface area contributed by atoms with Gasteiger partial charge in [0.1, 0.15) is 0 Å². The summed E-state index contributed by atoms with van der Waals surface area (Å²) in [6.07, 6.45) is 2.93. The molecule has 1 atom stereocenters.